The third-order valence-corrected chi connectivity index (χ3v) is 4.26. The zero-order valence-electron chi connectivity index (χ0n) is 14.8. The molecule has 0 saturated carbocycles. The fourth-order valence-corrected chi connectivity index (χ4v) is 2.35. The molecule has 1 rings (SSSR count). The first-order valence-electron chi connectivity index (χ1n) is 7.99. The Bertz CT molecular complexity index is 507. The molecule has 2 atom stereocenters. The van der Waals surface area contributed by atoms with Crippen molar-refractivity contribution in [1.82, 2.24) is 0 Å². The highest BCUT2D eigenvalue weighted by Gasteiger charge is 2.46. The first-order valence-corrected chi connectivity index (χ1v) is 7.99. The van der Waals surface area contributed by atoms with E-state index in [0.29, 0.717) is 18.1 Å². The van der Waals surface area contributed by atoms with E-state index in [-0.39, 0.29) is 6.61 Å². The van der Waals surface area contributed by atoms with Gasteiger partial charge in [-0.05, 0) is 23.6 Å². The lowest BCUT2D eigenvalue weighted by Gasteiger charge is -2.42. The summed E-state index contributed by atoms with van der Waals surface area (Å²) < 4.78 is 11.1. The Morgan fingerprint density at radius 3 is 2.22 bits per heavy atom. The van der Waals surface area contributed by atoms with Crippen LogP contribution in [0.4, 0.5) is 4.79 Å². The van der Waals surface area contributed by atoms with E-state index in [0.717, 1.165) is 12.2 Å². The van der Waals surface area contributed by atoms with Crippen LogP contribution in [0.5, 0.6) is 5.75 Å². The highest BCUT2D eigenvalue weighted by atomic mass is 16.6. The molecule has 2 unspecified atom stereocenters. The van der Waals surface area contributed by atoms with Crippen LogP contribution in [-0.2, 0) is 10.3 Å². The van der Waals surface area contributed by atoms with Gasteiger partial charge in [-0.25, -0.2) is 4.79 Å². The summed E-state index contributed by atoms with van der Waals surface area (Å²) >= 11 is 0. The number of aliphatic hydroxyl groups excluding tert-OH is 1. The molecular weight excluding hydrogens is 294 g/mol. The van der Waals surface area contributed by atoms with Crippen molar-refractivity contribution in [2.45, 2.75) is 46.6 Å². The number of aliphatic hydroxyl groups is 1. The van der Waals surface area contributed by atoms with Crippen molar-refractivity contribution in [3.63, 3.8) is 0 Å². The van der Waals surface area contributed by atoms with Gasteiger partial charge < -0.3 is 20.3 Å². The lowest BCUT2D eigenvalue weighted by Crippen LogP contribution is -2.48. The number of rotatable bonds is 7. The minimum absolute atomic E-state index is 0.355. The van der Waals surface area contributed by atoms with E-state index in [2.05, 4.69) is 13.8 Å². The second-order valence-electron chi connectivity index (χ2n) is 7.01. The molecule has 0 heterocycles. The van der Waals surface area contributed by atoms with E-state index >= 15 is 0 Å². The van der Waals surface area contributed by atoms with Crippen LogP contribution in [-0.4, -0.2) is 24.4 Å². The van der Waals surface area contributed by atoms with Gasteiger partial charge in [-0.15, -0.1) is 0 Å². The van der Waals surface area contributed by atoms with Gasteiger partial charge >= 0.3 is 6.09 Å². The van der Waals surface area contributed by atoms with E-state index < -0.39 is 17.1 Å². The zero-order chi connectivity index (χ0) is 17.7. The van der Waals surface area contributed by atoms with Crippen LogP contribution < -0.4 is 10.5 Å². The Morgan fingerprint density at radius 2 is 1.83 bits per heavy atom. The minimum atomic E-state index is -1.20. The largest absolute Gasteiger partial charge is 0.493 e. The zero-order valence-corrected chi connectivity index (χ0v) is 14.8. The topological polar surface area (TPSA) is 81.8 Å². The van der Waals surface area contributed by atoms with Gasteiger partial charge in [0.2, 0.25) is 0 Å². The van der Waals surface area contributed by atoms with Crippen molar-refractivity contribution < 1.29 is 19.4 Å². The molecule has 0 aliphatic carbocycles. The van der Waals surface area contributed by atoms with E-state index in [9.17, 15) is 9.90 Å². The number of hydrogen-bond acceptors (Lipinski definition) is 4. The van der Waals surface area contributed by atoms with E-state index in [1.165, 1.54) is 0 Å². The normalized spacial score (nSPS) is 15.6. The van der Waals surface area contributed by atoms with Crippen LogP contribution in [0.15, 0.2) is 24.3 Å². The molecule has 0 radical (unpaired) electrons. The summed E-state index contributed by atoms with van der Waals surface area (Å²) in [5.74, 6) is 1.23. The molecule has 3 N–H and O–H groups in total. The predicted octanol–water partition coefficient (Wildman–Crippen LogP) is 3.44. The smallest absolute Gasteiger partial charge is 0.405 e. The van der Waals surface area contributed by atoms with Gasteiger partial charge in [0.15, 0.2) is 5.60 Å². The highest BCUT2D eigenvalue weighted by Crippen LogP contribution is 2.42. The van der Waals surface area contributed by atoms with Crippen LogP contribution in [0.1, 0.15) is 46.6 Å². The average molecular weight is 323 g/mol. The molecule has 0 saturated heterocycles. The molecule has 0 aromatic heterocycles. The molecule has 1 aromatic carbocycles. The van der Waals surface area contributed by atoms with Crippen LogP contribution in [0, 0.1) is 11.3 Å². The first kappa shape index (κ1) is 19.3. The lowest BCUT2D eigenvalue weighted by molar-refractivity contribution is -0.105. The number of primary amides is 1. The Kier molecular flexibility index (Phi) is 6.45. The highest BCUT2D eigenvalue weighted by molar-refractivity contribution is 5.65. The summed E-state index contributed by atoms with van der Waals surface area (Å²) in [5, 5.41) is 9.93. The van der Waals surface area contributed by atoms with Crippen molar-refractivity contribution >= 4 is 6.09 Å². The van der Waals surface area contributed by atoms with Crippen molar-refractivity contribution in [3.8, 4) is 5.75 Å². The van der Waals surface area contributed by atoms with Crippen molar-refractivity contribution in [2.24, 2.45) is 17.1 Å². The van der Waals surface area contributed by atoms with Gasteiger partial charge in [0.1, 0.15) is 5.75 Å². The van der Waals surface area contributed by atoms with Crippen LogP contribution in [0.3, 0.4) is 0 Å². The summed E-state index contributed by atoms with van der Waals surface area (Å²) in [7, 11) is 0. The molecule has 1 amide bonds. The van der Waals surface area contributed by atoms with Gasteiger partial charge in [0, 0.05) is 5.41 Å². The van der Waals surface area contributed by atoms with Crippen LogP contribution >= 0.6 is 0 Å². The number of amides is 1. The van der Waals surface area contributed by atoms with Crippen molar-refractivity contribution in [3.05, 3.63) is 29.8 Å². The second kappa shape index (κ2) is 7.68. The van der Waals surface area contributed by atoms with Gasteiger partial charge in [-0.3, -0.25) is 0 Å². The third-order valence-electron chi connectivity index (χ3n) is 4.26. The Morgan fingerprint density at radius 1 is 1.26 bits per heavy atom. The van der Waals surface area contributed by atoms with Crippen LogP contribution in [0.2, 0.25) is 0 Å². The maximum Gasteiger partial charge on any atom is 0.405 e. The standard InChI is InChI=1S/C18H29NO4/c1-6-13(2)11-22-15-9-7-14(8-10-15)18(12-20,17(3,4)5)23-16(19)21/h7-10,13,20H,6,11-12H2,1-5H3,(H2,19,21). The number of carbonyl (C=O) groups excluding carboxylic acids is 1. The summed E-state index contributed by atoms with van der Waals surface area (Å²) in [6, 6.07) is 7.24. The molecular formula is C18H29NO4. The van der Waals surface area contributed by atoms with E-state index in [4.69, 9.17) is 15.2 Å². The molecule has 0 spiro atoms. The van der Waals surface area contributed by atoms with Crippen molar-refractivity contribution in [1.29, 1.82) is 0 Å². The SMILES string of the molecule is CCC(C)COc1ccc(C(CO)(OC(N)=O)C(C)(C)C)cc1. The quantitative estimate of drug-likeness (QED) is 0.805. The monoisotopic (exact) mass is 323 g/mol. The number of ether oxygens (including phenoxy) is 2. The summed E-state index contributed by atoms with van der Waals surface area (Å²) in [5.41, 5.74) is 4.17. The summed E-state index contributed by atoms with van der Waals surface area (Å²) in [4.78, 5) is 11.3. The van der Waals surface area contributed by atoms with E-state index in [1.54, 1.807) is 12.1 Å². The van der Waals surface area contributed by atoms with E-state index in [1.807, 2.05) is 32.9 Å². The Labute approximate surface area is 138 Å². The molecule has 0 bridgehead atoms. The number of hydrogen-bond donors (Lipinski definition) is 2. The predicted molar refractivity (Wildman–Crippen MR) is 90.3 cm³/mol. The number of nitrogens with two attached hydrogens (primary N) is 1. The molecule has 0 aliphatic heterocycles. The second-order valence-corrected chi connectivity index (χ2v) is 7.01. The molecule has 23 heavy (non-hydrogen) atoms. The molecule has 1 aromatic rings. The van der Waals surface area contributed by atoms with Crippen molar-refractivity contribution in [2.75, 3.05) is 13.2 Å². The Balaban J connectivity index is 3.06. The molecule has 5 nitrogen and oxygen atoms in total. The van der Waals surface area contributed by atoms with Gasteiger partial charge in [0.25, 0.3) is 0 Å². The average Bonchev–Trinajstić information content (AvgIpc) is 2.49. The molecule has 0 aliphatic rings. The molecule has 5 heteroatoms. The summed E-state index contributed by atoms with van der Waals surface area (Å²) in [6.07, 6.45) is 0.147. The maximum atomic E-state index is 11.3. The van der Waals surface area contributed by atoms with Gasteiger partial charge in [0.05, 0.1) is 13.2 Å². The molecule has 130 valence electrons. The third kappa shape index (κ3) is 4.61. The van der Waals surface area contributed by atoms with Crippen LogP contribution in [0.25, 0.3) is 0 Å². The molecule has 0 fully saturated rings. The van der Waals surface area contributed by atoms with Gasteiger partial charge in [-0.2, -0.15) is 0 Å². The fourth-order valence-electron chi connectivity index (χ4n) is 2.35. The number of carbonyl (C=O) groups is 1. The Hall–Kier alpha value is -1.75. The van der Waals surface area contributed by atoms with Gasteiger partial charge in [-0.1, -0.05) is 53.2 Å². The lowest BCUT2D eigenvalue weighted by atomic mass is 9.72. The minimum Gasteiger partial charge on any atom is -0.493 e. The maximum absolute atomic E-state index is 11.3. The summed E-state index contributed by atoms with van der Waals surface area (Å²) in [6.45, 7) is 10.2. The first-order chi connectivity index (χ1) is 10.7. The number of benzene rings is 1. The fraction of sp³-hybridized carbons (Fsp3) is 0.611.